The summed E-state index contributed by atoms with van der Waals surface area (Å²) in [5, 5.41) is 0. The van der Waals surface area contributed by atoms with Crippen molar-refractivity contribution in [2.75, 3.05) is 24.5 Å². The number of anilines is 1. The number of rotatable bonds is 4. The standard InChI is InChI=1S/C23H31N3O2/c1-2-26-22(27)21(28-23(26)24-19-9-5-3-6-10-19)17-18-11-13-20(14-12-18)25-15-7-4-8-16-25/h11-14,17,19H,2-10,15-16H2,1H3. The van der Waals surface area contributed by atoms with Crippen molar-refractivity contribution in [3.63, 3.8) is 0 Å². The molecule has 4 rings (SSSR count). The third kappa shape index (κ3) is 4.23. The highest BCUT2D eigenvalue weighted by molar-refractivity contribution is 6.11. The highest BCUT2D eigenvalue weighted by Gasteiger charge is 2.34. The van der Waals surface area contributed by atoms with Gasteiger partial charge < -0.3 is 9.64 Å². The van der Waals surface area contributed by atoms with Crippen LogP contribution in [0.1, 0.15) is 63.9 Å². The molecular weight excluding hydrogens is 350 g/mol. The quantitative estimate of drug-likeness (QED) is 0.717. The Bertz CT molecular complexity index is 742. The number of likely N-dealkylation sites (N-methyl/N-ethyl adjacent to an activating group) is 1. The van der Waals surface area contributed by atoms with Crippen LogP contribution in [0.5, 0.6) is 0 Å². The largest absolute Gasteiger partial charge is 0.420 e. The fourth-order valence-corrected chi connectivity index (χ4v) is 4.33. The summed E-state index contributed by atoms with van der Waals surface area (Å²) in [6.45, 7) is 4.81. The van der Waals surface area contributed by atoms with Gasteiger partial charge in [0.15, 0.2) is 5.76 Å². The number of benzene rings is 1. The van der Waals surface area contributed by atoms with Crippen LogP contribution in [0.4, 0.5) is 5.69 Å². The van der Waals surface area contributed by atoms with E-state index < -0.39 is 0 Å². The van der Waals surface area contributed by atoms with Crippen LogP contribution in [0, 0.1) is 0 Å². The van der Waals surface area contributed by atoms with Crippen LogP contribution in [0.2, 0.25) is 0 Å². The van der Waals surface area contributed by atoms with Crippen molar-refractivity contribution in [2.45, 2.75) is 64.3 Å². The van der Waals surface area contributed by atoms with E-state index >= 15 is 0 Å². The van der Waals surface area contributed by atoms with Crippen molar-refractivity contribution in [3.05, 3.63) is 35.6 Å². The molecule has 150 valence electrons. The lowest BCUT2D eigenvalue weighted by molar-refractivity contribution is -0.122. The van der Waals surface area contributed by atoms with Gasteiger partial charge in [0.2, 0.25) is 0 Å². The summed E-state index contributed by atoms with van der Waals surface area (Å²) in [6, 6.07) is 9.20. The minimum Gasteiger partial charge on any atom is -0.420 e. The molecule has 2 aliphatic heterocycles. The minimum absolute atomic E-state index is 0.0860. The highest BCUT2D eigenvalue weighted by Crippen LogP contribution is 2.26. The Morgan fingerprint density at radius 1 is 1.04 bits per heavy atom. The van der Waals surface area contributed by atoms with Crippen LogP contribution < -0.4 is 4.90 Å². The van der Waals surface area contributed by atoms with Crippen LogP contribution in [0.25, 0.3) is 6.08 Å². The van der Waals surface area contributed by atoms with Gasteiger partial charge in [-0.1, -0.05) is 31.4 Å². The second-order valence-corrected chi connectivity index (χ2v) is 8.00. The Hall–Kier alpha value is -2.30. The second-order valence-electron chi connectivity index (χ2n) is 8.00. The van der Waals surface area contributed by atoms with Crippen LogP contribution in [0.15, 0.2) is 35.0 Å². The lowest BCUT2D eigenvalue weighted by Gasteiger charge is -2.28. The van der Waals surface area contributed by atoms with E-state index in [0.717, 1.165) is 31.5 Å². The molecule has 3 aliphatic rings. The van der Waals surface area contributed by atoms with E-state index in [9.17, 15) is 4.79 Å². The Labute approximate surface area is 168 Å². The summed E-state index contributed by atoms with van der Waals surface area (Å²) in [5.41, 5.74) is 2.24. The predicted molar refractivity (Wildman–Crippen MR) is 113 cm³/mol. The smallest absolute Gasteiger partial charge is 0.300 e. The molecule has 1 aromatic rings. The summed E-state index contributed by atoms with van der Waals surface area (Å²) >= 11 is 0. The summed E-state index contributed by atoms with van der Waals surface area (Å²) < 4.78 is 5.91. The molecule has 1 aliphatic carbocycles. The molecule has 0 aromatic heterocycles. The van der Waals surface area contributed by atoms with E-state index in [4.69, 9.17) is 9.73 Å². The molecule has 1 saturated carbocycles. The van der Waals surface area contributed by atoms with Gasteiger partial charge in [0, 0.05) is 25.3 Å². The molecule has 0 atom stereocenters. The van der Waals surface area contributed by atoms with E-state index in [2.05, 4.69) is 29.2 Å². The van der Waals surface area contributed by atoms with Crippen LogP contribution >= 0.6 is 0 Å². The number of carbonyl (C=O) groups excluding carboxylic acids is 1. The minimum atomic E-state index is -0.0860. The molecule has 3 fully saturated rings. The van der Waals surface area contributed by atoms with Gasteiger partial charge in [-0.15, -0.1) is 0 Å². The third-order valence-electron chi connectivity index (χ3n) is 5.98. The number of ether oxygens (including phenoxy) is 1. The van der Waals surface area contributed by atoms with Crippen molar-refractivity contribution in [3.8, 4) is 0 Å². The summed E-state index contributed by atoms with van der Waals surface area (Å²) in [4.78, 5) is 21.6. The van der Waals surface area contributed by atoms with Gasteiger partial charge in [0.1, 0.15) is 0 Å². The lowest BCUT2D eigenvalue weighted by atomic mass is 9.96. The van der Waals surface area contributed by atoms with E-state index in [1.807, 2.05) is 13.0 Å². The van der Waals surface area contributed by atoms with Crippen LogP contribution in [-0.4, -0.2) is 42.5 Å². The van der Waals surface area contributed by atoms with Crippen molar-refractivity contribution >= 4 is 23.7 Å². The van der Waals surface area contributed by atoms with E-state index in [0.29, 0.717) is 18.3 Å². The second kappa shape index (κ2) is 8.80. The molecule has 5 nitrogen and oxygen atoms in total. The van der Waals surface area contributed by atoms with E-state index in [1.54, 1.807) is 4.90 Å². The Kier molecular flexibility index (Phi) is 5.98. The summed E-state index contributed by atoms with van der Waals surface area (Å²) in [7, 11) is 0. The summed E-state index contributed by atoms with van der Waals surface area (Å²) in [6.07, 6.45) is 11.6. The van der Waals surface area contributed by atoms with E-state index in [-0.39, 0.29) is 11.9 Å². The molecule has 2 saturated heterocycles. The molecule has 0 bridgehead atoms. The number of piperidine rings is 1. The molecule has 1 aromatic carbocycles. The van der Waals surface area contributed by atoms with Gasteiger partial charge in [-0.3, -0.25) is 9.69 Å². The lowest BCUT2D eigenvalue weighted by Crippen LogP contribution is -2.30. The number of amides is 1. The maximum atomic E-state index is 12.8. The molecule has 1 amide bonds. The highest BCUT2D eigenvalue weighted by atomic mass is 16.5. The molecule has 5 heteroatoms. The third-order valence-corrected chi connectivity index (χ3v) is 5.98. The molecule has 0 unspecified atom stereocenters. The first-order valence-corrected chi connectivity index (χ1v) is 10.9. The van der Waals surface area contributed by atoms with Gasteiger partial charge in [-0.25, -0.2) is 4.99 Å². The maximum Gasteiger partial charge on any atom is 0.300 e. The number of hydrogen-bond acceptors (Lipinski definition) is 4. The van der Waals surface area contributed by atoms with Gasteiger partial charge >= 0.3 is 6.02 Å². The van der Waals surface area contributed by atoms with Gasteiger partial charge in [0.25, 0.3) is 5.91 Å². The molecule has 0 N–H and O–H groups in total. The Balaban J connectivity index is 1.49. The normalized spacial score (nSPS) is 24.2. The number of hydrogen-bond donors (Lipinski definition) is 0. The fraction of sp³-hybridized carbons (Fsp3) is 0.565. The molecule has 28 heavy (non-hydrogen) atoms. The Morgan fingerprint density at radius 2 is 1.71 bits per heavy atom. The maximum absolute atomic E-state index is 12.8. The predicted octanol–water partition coefficient (Wildman–Crippen LogP) is 4.59. The van der Waals surface area contributed by atoms with Crippen LogP contribution in [-0.2, 0) is 9.53 Å². The van der Waals surface area contributed by atoms with Gasteiger partial charge in [-0.05, 0) is 62.8 Å². The van der Waals surface area contributed by atoms with Gasteiger partial charge in [-0.2, -0.15) is 0 Å². The SMILES string of the molecule is CCN1C(=O)C(=Cc2ccc(N3CCCCC3)cc2)OC1=NC1CCCCC1. The van der Waals surface area contributed by atoms with Gasteiger partial charge in [0.05, 0.1) is 6.04 Å². The van der Waals surface area contributed by atoms with Crippen molar-refractivity contribution in [1.82, 2.24) is 4.90 Å². The Morgan fingerprint density at radius 3 is 2.39 bits per heavy atom. The monoisotopic (exact) mass is 381 g/mol. The zero-order valence-electron chi connectivity index (χ0n) is 16.9. The molecule has 2 heterocycles. The first-order chi connectivity index (χ1) is 13.7. The zero-order valence-corrected chi connectivity index (χ0v) is 16.9. The summed E-state index contributed by atoms with van der Waals surface area (Å²) in [5.74, 6) is 0.291. The first kappa shape index (κ1) is 19.0. The molecule has 0 radical (unpaired) electrons. The number of aliphatic imine (C=N–C) groups is 1. The molecule has 0 spiro atoms. The number of carbonyl (C=O) groups is 1. The van der Waals surface area contributed by atoms with E-state index in [1.165, 1.54) is 44.2 Å². The average molecular weight is 382 g/mol. The topological polar surface area (TPSA) is 45.1 Å². The fourth-order valence-electron chi connectivity index (χ4n) is 4.33. The molecular formula is C23H31N3O2. The number of amidine groups is 1. The van der Waals surface area contributed by atoms with Crippen LogP contribution in [0.3, 0.4) is 0 Å². The average Bonchev–Trinajstić information content (AvgIpc) is 3.04. The number of nitrogens with zero attached hydrogens (tertiary/aromatic N) is 3. The zero-order chi connectivity index (χ0) is 19.3. The van der Waals surface area contributed by atoms with Crippen molar-refractivity contribution in [2.24, 2.45) is 4.99 Å². The van der Waals surface area contributed by atoms with Crippen molar-refractivity contribution < 1.29 is 9.53 Å². The first-order valence-electron chi connectivity index (χ1n) is 10.9. The van der Waals surface area contributed by atoms with Crippen molar-refractivity contribution in [1.29, 1.82) is 0 Å².